The van der Waals surface area contributed by atoms with Crippen LogP contribution >= 0.6 is 0 Å². The third-order valence-electron chi connectivity index (χ3n) is 2.19. The molecule has 5 heteroatoms. The minimum Gasteiger partial charge on any atom is -0.507 e. The lowest BCUT2D eigenvalue weighted by Gasteiger charge is -2.03. The standard InChI is InChI=1S/C10H8O5/c1-4-2-3-5-6(7(4)11)8(12)9(13)10(14)15-5/h2-3,11,13-14H,1H3. The van der Waals surface area contributed by atoms with Crippen molar-refractivity contribution in [3.8, 4) is 17.4 Å². The van der Waals surface area contributed by atoms with Crippen LogP contribution in [0.1, 0.15) is 5.56 Å². The predicted octanol–water partition coefficient (Wildman–Crippen LogP) is 1.22. The summed E-state index contributed by atoms with van der Waals surface area (Å²) in [5, 5.41) is 27.7. The zero-order valence-corrected chi connectivity index (χ0v) is 7.81. The topological polar surface area (TPSA) is 90.9 Å². The van der Waals surface area contributed by atoms with Gasteiger partial charge in [0.2, 0.25) is 11.2 Å². The van der Waals surface area contributed by atoms with E-state index in [1.165, 1.54) is 12.1 Å². The molecular formula is C10H8O5. The Morgan fingerprint density at radius 3 is 2.47 bits per heavy atom. The second-order valence-corrected chi connectivity index (χ2v) is 3.19. The van der Waals surface area contributed by atoms with Gasteiger partial charge < -0.3 is 19.7 Å². The van der Waals surface area contributed by atoms with Gasteiger partial charge in [-0.2, -0.15) is 0 Å². The summed E-state index contributed by atoms with van der Waals surface area (Å²) < 4.78 is 4.75. The van der Waals surface area contributed by atoms with Crippen molar-refractivity contribution in [1.82, 2.24) is 0 Å². The molecule has 3 N–H and O–H groups in total. The molecule has 15 heavy (non-hydrogen) atoms. The quantitative estimate of drug-likeness (QED) is 0.605. The highest BCUT2D eigenvalue weighted by Gasteiger charge is 2.16. The van der Waals surface area contributed by atoms with Crippen molar-refractivity contribution in [2.45, 2.75) is 6.92 Å². The zero-order valence-electron chi connectivity index (χ0n) is 7.81. The van der Waals surface area contributed by atoms with Gasteiger partial charge in [0.05, 0.1) is 0 Å². The number of hydrogen-bond acceptors (Lipinski definition) is 5. The highest BCUT2D eigenvalue weighted by atomic mass is 16.5. The van der Waals surface area contributed by atoms with E-state index in [-0.39, 0.29) is 16.7 Å². The van der Waals surface area contributed by atoms with E-state index in [1.807, 2.05) is 0 Å². The smallest absolute Gasteiger partial charge is 0.330 e. The van der Waals surface area contributed by atoms with Crippen molar-refractivity contribution in [1.29, 1.82) is 0 Å². The Hall–Kier alpha value is -2.17. The van der Waals surface area contributed by atoms with Gasteiger partial charge in [-0.05, 0) is 18.6 Å². The first-order valence-corrected chi connectivity index (χ1v) is 4.19. The van der Waals surface area contributed by atoms with Gasteiger partial charge in [0, 0.05) is 0 Å². The summed E-state index contributed by atoms with van der Waals surface area (Å²) in [6, 6.07) is 2.97. The predicted molar refractivity (Wildman–Crippen MR) is 52.2 cm³/mol. The van der Waals surface area contributed by atoms with Crippen molar-refractivity contribution in [3.63, 3.8) is 0 Å². The highest BCUT2D eigenvalue weighted by Crippen LogP contribution is 2.31. The summed E-state index contributed by atoms with van der Waals surface area (Å²) in [5.74, 6) is -2.00. The number of phenolic OH excluding ortho intramolecular Hbond substituents is 1. The molecule has 0 aliphatic carbocycles. The fraction of sp³-hybridized carbons (Fsp3) is 0.100. The van der Waals surface area contributed by atoms with E-state index < -0.39 is 17.1 Å². The fourth-order valence-electron chi connectivity index (χ4n) is 1.35. The molecule has 0 bridgehead atoms. The second kappa shape index (κ2) is 2.91. The monoisotopic (exact) mass is 208 g/mol. The van der Waals surface area contributed by atoms with Crippen molar-refractivity contribution in [2.24, 2.45) is 0 Å². The van der Waals surface area contributed by atoms with Gasteiger partial charge in [-0.25, -0.2) is 0 Å². The van der Waals surface area contributed by atoms with E-state index >= 15 is 0 Å². The number of benzene rings is 1. The lowest BCUT2D eigenvalue weighted by molar-refractivity contribution is 0.302. The number of hydrogen-bond donors (Lipinski definition) is 3. The first-order chi connectivity index (χ1) is 7.02. The molecule has 78 valence electrons. The zero-order chi connectivity index (χ0) is 11.2. The lowest BCUT2D eigenvalue weighted by Crippen LogP contribution is -2.01. The van der Waals surface area contributed by atoms with E-state index in [1.54, 1.807) is 6.92 Å². The molecule has 0 aliphatic heterocycles. The van der Waals surface area contributed by atoms with Crippen LogP contribution < -0.4 is 5.43 Å². The third kappa shape index (κ3) is 1.20. The van der Waals surface area contributed by atoms with Crippen LogP contribution in [-0.2, 0) is 0 Å². The van der Waals surface area contributed by atoms with Gasteiger partial charge >= 0.3 is 5.95 Å². The maximum atomic E-state index is 11.5. The molecule has 0 atom stereocenters. The molecule has 0 unspecified atom stereocenters. The van der Waals surface area contributed by atoms with E-state index in [4.69, 9.17) is 14.6 Å². The van der Waals surface area contributed by atoms with E-state index in [9.17, 15) is 9.90 Å². The minimum atomic E-state index is -0.900. The Balaban J connectivity index is 3.08. The molecule has 0 spiro atoms. The van der Waals surface area contributed by atoms with Crippen LogP contribution in [0, 0.1) is 6.92 Å². The Morgan fingerprint density at radius 2 is 1.80 bits per heavy atom. The minimum absolute atomic E-state index is 0.0263. The van der Waals surface area contributed by atoms with Crippen LogP contribution in [0.25, 0.3) is 11.0 Å². The van der Waals surface area contributed by atoms with Gasteiger partial charge in [-0.3, -0.25) is 4.79 Å². The molecule has 2 rings (SSSR count). The average Bonchev–Trinajstić information content (AvgIpc) is 2.20. The molecule has 1 aromatic heterocycles. The average molecular weight is 208 g/mol. The van der Waals surface area contributed by atoms with Crippen LogP contribution in [0.15, 0.2) is 21.3 Å². The Kier molecular flexibility index (Phi) is 1.82. The van der Waals surface area contributed by atoms with Crippen molar-refractivity contribution >= 4 is 11.0 Å². The van der Waals surface area contributed by atoms with Crippen molar-refractivity contribution in [3.05, 3.63) is 27.9 Å². The summed E-state index contributed by atoms with van der Waals surface area (Å²) in [6.07, 6.45) is 0. The normalized spacial score (nSPS) is 10.7. The molecule has 1 heterocycles. The highest BCUT2D eigenvalue weighted by molar-refractivity contribution is 5.85. The summed E-state index contributed by atoms with van der Waals surface area (Å²) >= 11 is 0. The van der Waals surface area contributed by atoms with Gasteiger partial charge in [-0.15, -0.1) is 0 Å². The summed E-state index contributed by atoms with van der Waals surface area (Å²) in [5.41, 5.74) is -0.340. The first-order valence-electron chi connectivity index (χ1n) is 4.19. The summed E-state index contributed by atoms with van der Waals surface area (Å²) in [4.78, 5) is 11.5. The molecule has 0 amide bonds. The Labute approximate surface area is 83.8 Å². The fourth-order valence-corrected chi connectivity index (χ4v) is 1.35. The molecule has 1 aromatic carbocycles. The van der Waals surface area contributed by atoms with Crippen LogP contribution in [0.3, 0.4) is 0 Å². The SMILES string of the molecule is Cc1ccc2oc(O)c(O)c(=O)c2c1O. The number of phenols is 1. The van der Waals surface area contributed by atoms with E-state index in [0.29, 0.717) is 5.56 Å². The van der Waals surface area contributed by atoms with Gasteiger partial charge in [0.1, 0.15) is 16.7 Å². The van der Waals surface area contributed by atoms with Crippen molar-refractivity contribution in [2.75, 3.05) is 0 Å². The molecule has 0 saturated heterocycles. The van der Waals surface area contributed by atoms with Crippen LogP contribution in [-0.4, -0.2) is 15.3 Å². The van der Waals surface area contributed by atoms with Gasteiger partial charge in [0.25, 0.3) is 0 Å². The largest absolute Gasteiger partial charge is 0.507 e. The van der Waals surface area contributed by atoms with Gasteiger partial charge in [-0.1, -0.05) is 6.07 Å². The van der Waals surface area contributed by atoms with Crippen molar-refractivity contribution < 1.29 is 19.7 Å². The molecule has 2 aromatic rings. The number of fused-ring (bicyclic) bond motifs is 1. The Bertz CT molecular complexity index is 597. The van der Waals surface area contributed by atoms with Crippen LogP contribution in [0.5, 0.6) is 17.4 Å². The van der Waals surface area contributed by atoms with E-state index in [0.717, 1.165) is 0 Å². The number of aromatic hydroxyl groups is 3. The van der Waals surface area contributed by atoms with Gasteiger partial charge in [0.15, 0.2) is 0 Å². The van der Waals surface area contributed by atoms with Crippen LogP contribution in [0.2, 0.25) is 0 Å². The summed E-state index contributed by atoms with van der Waals surface area (Å²) in [6.45, 7) is 1.61. The summed E-state index contributed by atoms with van der Waals surface area (Å²) in [7, 11) is 0. The lowest BCUT2D eigenvalue weighted by atomic mass is 10.1. The third-order valence-corrected chi connectivity index (χ3v) is 2.19. The molecule has 0 radical (unpaired) electrons. The maximum absolute atomic E-state index is 11.5. The second-order valence-electron chi connectivity index (χ2n) is 3.19. The molecule has 0 saturated carbocycles. The van der Waals surface area contributed by atoms with Crippen LogP contribution in [0.4, 0.5) is 0 Å². The molecule has 0 aliphatic rings. The number of aryl methyl sites for hydroxylation is 1. The molecule has 0 fully saturated rings. The molecular weight excluding hydrogens is 200 g/mol. The first kappa shape index (κ1) is 9.39. The Morgan fingerprint density at radius 1 is 1.13 bits per heavy atom. The molecule has 5 nitrogen and oxygen atoms in total. The number of rotatable bonds is 0. The maximum Gasteiger partial charge on any atom is 0.330 e. The van der Waals surface area contributed by atoms with E-state index in [2.05, 4.69) is 0 Å².